The average Bonchev–Trinajstić information content (AvgIpc) is 2.98. The van der Waals surface area contributed by atoms with Crippen molar-refractivity contribution in [1.82, 2.24) is 5.32 Å². The number of aliphatic carboxylic acids is 1. The molecule has 9 heteroatoms. The Morgan fingerprint density at radius 1 is 0.907 bits per heavy atom. The summed E-state index contributed by atoms with van der Waals surface area (Å²) < 4.78 is 17.6. The Balaban J connectivity index is 1.28. The maximum Gasteiger partial charge on any atom is 0.335 e. The quantitative estimate of drug-likeness (QED) is 0.191. The first-order chi connectivity index (χ1) is 20.7. The van der Waals surface area contributed by atoms with E-state index in [2.05, 4.69) is 5.32 Å². The van der Waals surface area contributed by atoms with Crippen molar-refractivity contribution >= 4 is 17.8 Å². The first kappa shape index (κ1) is 31.4. The van der Waals surface area contributed by atoms with Crippen LogP contribution in [0.4, 0.5) is 0 Å². The lowest BCUT2D eigenvalue weighted by Gasteiger charge is -2.27. The van der Waals surface area contributed by atoms with Gasteiger partial charge in [0, 0.05) is 6.04 Å². The van der Waals surface area contributed by atoms with Gasteiger partial charge in [0.2, 0.25) is 0 Å². The van der Waals surface area contributed by atoms with Crippen molar-refractivity contribution in [1.29, 1.82) is 0 Å². The van der Waals surface area contributed by atoms with Crippen LogP contribution >= 0.6 is 0 Å². The second-order valence-electron chi connectivity index (χ2n) is 11.1. The lowest BCUT2D eigenvalue weighted by molar-refractivity contribution is -0.143. The molecular formula is C34H39NO8. The molecule has 0 saturated heterocycles. The minimum atomic E-state index is -1.15. The molecule has 0 aromatic heterocycles. The summed E-state index contributed by atoms with van der Waals surface area (Å²) in [5.74, 6) is -1.11. The molecule has 2 unspecified atom stereocenters. The van der Waals surface area contributed by atoms with E-state index in [0.29, 0.717) is 51.1 Å². The molecule has 3 aromatic rings. The maximum atomic E-state index is 13.1. The largest absolute Gasteiger partial charge is 0.493 e. The van der Waals surface area contributed by atoms with Gasteiger partial charge >= 0.3 is 11.9 Å². The monoisotopic (exact) mass is 589 g/mol. The highest BCUT2D eigenvalue weighted by Crippen LogP contribution is 2.27. The summed E-state index contributed by atoms with van der Waals surface area (Å²) in [4.78, 5) is 36.1. The molecule has 0 aliphatic heterocycles. The van der Waals surface area contributed by atoms with Crippen LogP contribution in [0.1, 0.15) is 77.8 Å². The number of benzene rings is 3. The Labute approximate surface area is 251 Å². The van der Waals surface area contributed by atoms with Gasteiger partial charge in [-0.3, -0.25) is 9.59 Å². The minimum Gasteiger partial charge on any atom is -0.493 e. The lowest BCUT2D eigenvalue weighted by Crippen LogP contribution is -2.40. The van der Waals surface area contributed by atoms with Crippen LogP contribution in [-0.4, -0.2) is 46.8 Å². The van der Waals surface area contributed by atoms with Crippen LogP contribution in [0.15, 0.2) is 66.7 Å². The first-order valence-electron chi connectivity index (χ1n) is 14.7. The van der Waals surface area contributed by atoms with E-state index in [4.69, 9.17) is 14.2 Å². The van der Waals surface area contributed by atoms with Gasteiger partial charge in [-0.2, -0.15) is 0 Å². The summed E-state index contributed by atoms with van der Waals surface area (Å²) in [6.45, 7) is 4.73. The van der Waals surface area contributed by atoms with Gasteiger partial charge in [0.25, 0.3) is 5.91 Å². The molecule has 1 aliphatic carbocycles. The van der Waals surface area contributed by atoms with Gasteiger partial charge in [0.05, 0.1) is 29.8 Å². The SMILES string of the molecule is CC(C)Oc1cccc(COc2ccc(CCCOc3ccc(C(=O)O)cc3C(=O)NC3CCCC(C(=O)O)C3)cc2)c1. The molecular weight excluding hydrogens is 550 g/mol. The molecule has 1 saturated carbocycles. The second kappa shape index (κ2) is 15.1. The van der Waals surface area contributed by atoms with E-state index in [1.807, 2.05) is 62.4 Å². The molecule has 0 radical (unpaired) electrons. The highest BCUT2D eigenvalue weighted by molar-refractivity contribution is 6.00. The van der Waals surface area contributed by atoms with Crippen LogP contribution < -0.4 is 19.5 Å². The number of carboxylic acid groups (broad SMARTS) is 2. The number of ether oxygens (including phenoxy) is 3. The Kier molecular flexibility index (Phi) is 11.0. The summed E-state index contributed by atoms with van der Waals surface area (Å²) in [6, 6.07) is 19.6. The first-order valence-corrected chi connectivity index (χ1v) is 14.7. The summed E-state index contributed by atoms with van der Waals surface area (Å²) in [7, 11) is 0. The Morgan fingerprint density at radius 2 is 1.70 bits per heavy atom. The molecule has 3 aromatic carbocycles. The number of hydrogen-bond acceptors (Lipinski definition) is 6. The Hall–Kier alpha value is -4.53. The van der Waals surface area contributed by atoms with E-state index in [1.165, 1.54) is 18.2 Å². The van der Waals surface area contributed by atoms with Crippen molar-refractivity contribution in [2.45, 2.75) is 71.1 Å². The number of rotatable bonds is 14. The third-order valence-corrected chi connectivity index (χ3v) is 7.30. The fraction of sp³-hybridized carbons (Fsp3) is 0.382. The van der Waals surface area contributed by atoms with Crippen molar-refractivity contribution in [3.05, 3.63) is 89.0 Å². The molecule has 228 valence electrons. The smallest absolute Gasteiger partial charge is 0.335 e. The lowest BCUT2D eigenvalue weighted by atomic mass is 9.85. The number of nitrogens with one attached hydrogen (secondary N) is 1. The molecule has 1 aliphatic rings. The Morgan fingerprint density at radius 3 is 2.42 bits per heavy atom. The van der Waals surface area contributed by atoms with Gasteiger partial charge in [-0.05, 0) is 99.5 Å². The third-order valence-electron chi connectivity index (χ3n) is 7.30. The minimum absolute atomic E-state index is 0.0246. The zero-order valence-electron chi connectivity index (χ0n) is 24.6. The fourth-order valence-corrected chi connectivity index (χ4v) is 5.13. The summed E-state index contributed by atoms with van der Waals surface area (Å²) in [5.41, 5.74) is 2.23. The third kappa shape index (κ3) is 9.49. The topological polar surface area (TPSA) is 131 Å². The number of aromatic carboxylic acids is 1. The molecule has 2 atom stereocenters. The maximum absolute atomic E-state index is 13.1. The fourth-order valence-electron chi connectivity index (χ4n) is 5.13. The molecule has 3 N–H and O–H groups in total. The summed E-state index contributed by atoms with van der Waals surface area (Å²) >= 11 is 0. The van der Waals surface area contributed by atoms with Crippen molar-refractivity contribution in [2.24, 2.45) is 5.92 Å². The van der Waals surface area contributed by atoms with E-state index in [0.717, 1.165) is 29.0 Å². The van der Waals surface area contributed by atoms with Crippen LogP contribution in [0, 0.1) is 5.92 Å². The van der Waals surface area contributed by atoms with Crippen molar-refractivity contribution in [2.75, 3.05) is 6.61 Å². The molecule has 4 rings (SSSR count). The molecule has 0 spiro atoms. The number of carboxylic acids is 2. The van der Waals surface area contributed by atoms with E-state index in [1.54, 1.807) is 0 Å². The highest BCUT2D eigenvalue weighted by Gasteiger charge is 2.29. The van der Waals surface area contributed by atoms with Crippen LogP contribution in [0.5, 0.6) is 17.2 Å². The normalized spacial score (nSPS) is 16.3. The van der Waals surface area contributed by atoms with E-state index in [9.17, 15) is 24.6 Å². The van der Waals surface area contributed by atoms with Gasteiger partial charge in [-0.1, -0.05) is 30.7 Å². The highest BCUT2D eigenvalue weighted by atomic mass is 16.5. The zero-order chi connectivity index (χ0) is 30.8. The number of carbonyl (C=O) groups excluding carboxylic acids is 1. The van der Waals surface area contributed by atoms with E-state index in [-0.39, 0.29) is 23.3 Å². The molecule has 9 nitrogen and oxygen atoms in total. The van der Waals surface area contributed by atoms with Crippen molar-refractivity contribution in [3.8, 4) is 17.2 Å². The molecule has 1 amide bonds. The van der Waals surface area contributed by atoms with Crippen molar-refractivity contribution < 1.29 is 38.8 Å². The van der Waals surface area contributed by atoms with Crippen LogP contribution in [0.25, 0.3) is 0 Å². The summed E-state index contributed by atoms with van der Waals surface area (Å²) in [6.07, 6.45) is 3.83. The molecule has 43 heavy (non-hydrogen) atoms. The van der Waals surface area contributed by atoms with Gasteiger partial charge in [0.15, 0.2) is 0 Å². The number of aryl methyl sites for hydroxylation is 1. The molecule has 0 heterocycles. The van der Waals surface area contributed by atoms with E-state index < -0.39 is 23.8 Å². The average molecular weight is 590 g/mol. The van der Waals surface area contributed by atoms with Crippen LogP contribution in [0.2, 0.25) is 0 Å². The van der Waals surface area contributed by atoms with Crippen LogP contribution in [-0.2, 0) is 17.8 Å². The van der Waals surface area contributed by atoms with Crippen LogP contribution in [0.3, 0.4) is 0 Å². The zero-order valence-corrected chi connectivity index (χ0v) is 24.6. The van der Waals surface area contributed by atoms with Gasteiger partial charge in [-0.25, -0.2) is 4.79 Å². The van der Waals surface area contributed by atoms with E-state index >= 15 is 0 Å². The predicted octanol–water partition coefficient (Wildman–Crippen LogP) is 6.14. The number of carbonyl (C=O) groups is 3. The number of hydrogen-bond donors (Lipinski definition) is 3. The summed E-state index contributed by atoms with van der Waals surface area (Å²) in [5, 5.41) is 21.7. The van der Waals surface area contributed by atoms with Gasteiger partial charge in [0.1, 0.15) is 23.9 Å². The second-order valence-corrected chi connectivity index (χ2v) is 11.1. The molecule has 0 bridgehead atoms. The van der Waals surface area contributed by atoms with Gasteiger partial charge in [-0.15, -0.1) is 0 Å². The van der Waals surface area contributed by atoms with Gasteiger partial charge < -0.3 is 29.7 Å². The standard InChI is InChI=1S/C34H39NO8/c1-22(2)43-29-10-3-6-24(18-29)21-42-28-14-11-23(12-15-28)7-5-17-41-31-16-13-26(34(39)40)20-30(31)32(36)35-27-9-4-8-25(19-27)33(37)38/h3,6,10-16,18,20,22,25,27H,4-5,7-9,17,19,21H2,1-2H3,(H,35,36)(H,37,38)(H,39,40). The van der Waals surface area contributed by atoms with Crippen molar-refractivity contribution in [3.63, 3.8) is 0 Å². The Bertz CT molecular complexity index is 1400. The molecule has 1 fully saturated rings. The predicted molar refractivity (Wildman–Crippen MR) is 161 cm³/mol. The number of amides is 1.